The van der Waals surface area contributed by atoms with Crippen LogP contribution in [0.4, 0.5) is 10.5 Å². The lowest BCUT2D eigenvalue weighted by Crippen LogP contribution is -2.47. The van der Waals surface area contributed by atoms with Crippen LogP contribution >= 0.6 is 0 Å². The molecule has 1 aromatic rings. The van der Waals surface area contributed by atoms with E-state index in [9.17, 15) is 9.90 Å². The molecular formula is C16H24N2O2. The van der Waals surface area contributed by atoms with Gasteiger partial charge in [0.2, 0.25) is 0 Å². The van der Waals surface area contributed by atoms with Gasteiger partial charge >= 0.3 is 6.03 Å². The van der Waals surface area contributed by atoms with Gasteiger partial charge in [-0.3, -0.25) is 0 Å². The van der Waals surface area contributed by atoms with Crippen LogP contribution in [0.1, 0.15) is 38.7 Å². The molecule has 2 amide bonds. The van der Waals surface area contributed by atoms with Crippen molar-refractivity contribution < 1.29 is 9.90 Å². The van der Waals surface area contributed by atoms with E-state index in [0.717, 1.165) is 17.7 Å². The SMILES string of the molecule is CC(C)c1ccccc1NC(=O)N1CCC(C)C(O)C1. The van der Waals surface area contributed by atoms with Gasteiger partial charge in [-0.05, 0) is 29.9 Å². The molecule has 110 valence electrons. The molecular weight excluding hydrogens is 252 g/mol. The summed E-state index contributed by atoms with van der Waals surface area (Å²) in [6.45, 7) is 7.35. The topological polar surface area (TPSA) is 52.6 Å². The van der Waals surface area contributed by atoms with Crippen molar-refractivity contribution in [2.45, 2.75) is 39.2 Å². The first kappa shape index (κ1) is 14.9. The number of rotatable bonds is 2. The van der Waals surface area contributed by atoms with E-state index in [2.05, 4.69) is 19.2 Å². The second-order valence-electron chi connectivity index (χ2n) is 5.95. The van der Waals surface area contributed by atoms with Crippen LogP contribution in [0.2, 0.25) is 0 Å². The number of para-hydroxylation sites is 1. The number of amides is 2. The van der Waals surface area contributed by atoms with E-state index in [1.165, 1.54) is 0 Å². The predicted molar refractivity (Wildman–Crippen MR) is 80.9 cm³/mol. The number of nitrogens with zero attached hydrogens (tertiary/aromatic N) is 1. The minimum Gasteiger partial charge on any atom is -0.391 e. The van der Waals surface area contributed by atoms with E-state index < -0.39 is 6.10 Å². The molecule has 1 aliphatic heterocycles. The molecule has 20 heavy (non-hydrogen) atoms. The highest BCUT2D eigenvalue weighted by molar-refractivity contribution is 5.90. The molecule has 1 aromatic carbocycles. The Labute approximate surface area is 120 Å². The number of aliphatic hydroxyl groups is 1. The highest BCUT2D eigenvalue weighted by atomic mass is 16.3. The number of piperidine rings is 1. The minimum atomic E-state index is -0.421. The first-order chi connectivity index (χ1) is 9.49. The first-order valence-electron chi connectivity index (χ1n) is 7.32. The van der Waals surface area contributed by atoms with Crippen LogP contribution < -0.4 is 5.32 Å². The number of hydrogen-bond donors (Lipinski definition) is 2. The van der Waals surface area contributed by atoms with Gasteiger partial charge in [0.1, 0.15) is 0 Å². The molecule has 0 radical (unpaired) electrons. The molecule has 0 bridgehead atoms. The quantitative estimate of drug-likeness (QED) is 0.872. The van der Waals surface area contributed by atoms with E-state index in [1.807, 2.05) is 31.2 Å². The van der Waals surface area contributed by atoms with Crippen molar-refractivity contribution in [3.63, 3.8) is 0 Å². The summed E-state index contributed by atoms with van der Waals surface area (Å²) in [6.07, 6.45) is 0.426. The number of β-amino-alcohol motifs (C(OH)–C–C–N with tert-alkyl or cyclic N) is 1. The number of aliphatic hydroxyl groups excluding tert-OH is 1. The standard InChI is InChI=1S/C16H24N2O2/c1-11(2)13-6-4-5-7-14(13)17-16(20)18-9-8-12(3)15(19)10-18/h4-7,11-12,15,19H,8-10H2,1-3H3,(H,17,20). The molecule has 2 N–H and O–H groups in total. The molecule has 0 saturated carbocycles. The van der Waals surface area contributed by atoms with Crippen molar-refractivity contribution in [1.29, 1.82) is 0 Å². The summed E-state index contributed by atoms with van der Waals surface area (Å²) in [6, 6.07) is 7.75. The maximum atomic E-state index is 12.3. The number of carbonyl (C=O) groups excluding carboxylic acids is 1. The molecule has 1 aliphatic rings. The van der Waals surface area contributed by atoms with Gasteiger partial charge in [0, 0.05) is 18.8 Å². The van der Waals surface area contributed by atoms with Gasteiger partial charge in [-0.1, -0.05) is 39.0 Å². The molecule has 2 unspecified atom stereocenters. The van der Waals surface area contributed by atoms with Gasteiger partial charge in [0.15, 0.2) is 0 Å². The summed E-state index contributed by atoms with van der Waals surface area (Å²) >= 11 is 0. The Bertz CT molecular complexity index is 473. The van der Waals surface area contributed by atoms with Crippen molar-refractivity contribution in [2.24, 2.45) is 5.92 Å². The molecule has 2 rings (SSSR count). The number of urea groups is 1. The van der Waals surface area contributed by atoms with E-state index in [-0.39, 0.29) is 11.9 Å². The molecule has 2 atom stereocenters. The number of anilines is 1. The maximum absolute atomic E-state index is 12.3. The third-order valence-electron chi connectivity index (χ3n) is 4.03. The Morgan fingerprint density at radius 1 is 1.40 bits per heavy atom. The van der Waals surface area contributed by atoms with E-state index in [1.54, 1.807) is 4.90 Å². The zero-order valence-electron chi connectivity index (χ0n) is 12.5. The Hall–Kier alpha value is -1.55. The lowest BCUT2D eigenvalue weighted by molar-refractivity contribution is 0.0463. The highest BCUT2D eigenvalue weighted by Gasteiger charge is 2.27. The monoisotopic (exact) mass is 276 g/mol. The predicted octanol–water partition coefficient (Wildman–Crippen LogP) is 3.04. The molecule has 0 aliphatic carbocycles. The van der Waals surface area contributed by atoms with Crippen molar-refractivity contribution in [3.05, 3.63) is 29.8 Å². The van der Waals surface area contributed by atoms with Crippen LogP contribution in [0.5, 0.6) is 0 Å². The highest BCUT2D eigenvalue weighted by Crippen LogP contribution is 2.24. The second-order valence-corrected chi connectivity index (χ2v) is 5.95. The second kappa shape index (κ2) is 6.27. The van der Waals surface area contributed by atoms with Gasteiger partial charge in [0.25, 0.3) is 0 Å². The maximum Gasteiger partial charge on any atom is 0.321 e. The van der Waals surface area contributed by atoms with E-state index in [4.69, 9.17) is 0 Å². The number of hydrogen-bond acceptors (Lipinski definition) is 2. The third-order valence-corrected chi connectivity index (χ3v) is 4.03. The Kier molecular flexibility index (Phi) is 4.65. The fourth-order valence-corrected chi connectivity index (χ4v) is 2.54. The lowest BCUT2D eigenvalue weighted by Gasteiger charge is -2.34. The lowest BCUT2D eigenvalue weighted by atomic mass is 9.96. The summed E-state index contributed by atoms with van der Waals surface area (Å²) in [5.41, 5.74) is 1.99. The van der Waals surface area contributed by atoms with Crippen LogP contribution in [-0.4, -0.2) is 35.2 Å². The van der Waals surface area contributed by atoms with Gasteiger partial charge in [-0.25, -0.2) is 4.79 Å². The number of carbonyl (C=O) groups is 1. The van der Waals surface area contributed by atoms with Crippen molar-refractivity contribution >= 4 is 11.7 Å². The molecule has 1 fully saturated rings. The summed E-state index contributed by atoms with van der Waals surface area (Å²) < 4.78 is 0. The molecule has 0 spiro atoms. The normalized spacial score (nSPS) is 22.9. The molecule has 1 saturated heterocycles. The first-order valence-corrected chi connectivity index (χ1v) is 7.32. The van der Waals surface area contributed by atoms with Crippen LogP contribution in [0.25, 0.3) is 0 Å². The zero-order valence-corrected chi connectivity index (χ0v) is 12.5. The van der Waals surface area contributed by atoms with Crippen LogP contribution in [0.15, 0.2) is 24.3 Å². The number of likely N-dealkylation sites (tertiary alicyclic amines) is 1. The van der Waals surface area contributed by atoms with Gasteiger partial charge in [-0.15, -0.1) is 0 Å². The summed E-state index contributed by atoms with van der Waals surface area (Å²) in [5.74, 6) is 0.625. The van der Waals surface area contributed by atoms with Crippen LogP contribution in [0.3, 0.4) is 0 Å². The summed E-state index contributed by atoms with van der Waals surface area (Å²) in [4.78, 5) is 14.0. The fourth-order valence-electron chi connectivity index (χ4n) is 2.54. The number of nitrogens with one attached hydrogen (secondary N) is 1. The Morgan fingerprint density at radius 3 is 2.75 bits per heavy atom. The van der Waals surface area contributed by atoms with Crippen molar-refractivity contribution in [1.82, 2.24) is 4.90 Å². The third kappa shape index (κ3) is 3.31. The Morgan fingerprint density at radius 2 is 2.10 bits per heavy atom. The average Bonchev–Trinajstić information content (AvgIpc) is 2.42. The smallest absolute Gasteiger partial charge is 0.321 e. The molecule has 4 nitrogen and oxygen atoms in total. The van der Waals surface area contributed by atoms with Gasteiger partial charge in [-0.2, -0.15) is 0 Å². The molecule has 4 heteroatoms. The van der Waals surface area contributed by atoms with Crippen LogP contribution in [-0.2, 0) is 0 Å². The summed E-state index contributed by atoms with van der Waals surface area (Å²) in [5, 5.41) is 12.9. The zero-order chi connectivity index (χ0) is 14.7. The summed E-state index contributed by atoms with van der Waals surface area (Å²) in [7, 11) is 0. The average molecular weight is 276 g/mol. The van der Waals surface area contributed by atoms with Crippen molar-refractivity contribution in [2.75, 3.05) is 18.4 Å². The van der Waals surface area contributed by atoms with E-state index >= 15 is 0 Å². The molecule has 0 aromatic heterocycles. The molecule has 1 heterocycles. The van der Waals surface area contributed by atoms with Gasteiger partial charge in [0.05, 0.1) is 6.10 Å². The largest absolute Gasteiger partial charge is 0.391 e. The minimum absolute atomic E-state index is 0.121. The van der Waals surface area contributed by atoms with Crippen LogP contribution in [0, 0.1) is 5.92 Å². The number of benzene rings is 1. The Balaban J connectivity index is 2.05. The fraction of sp³-hybridized carbons (Fsp3) is 0.562. The van der Waals surface area contributed by atoms with Crippen molar-refractivity contribution in [3.8, 4) is 0 Å². The van der Waals surface area contributed by atoms with E-state index in [0.29, 0.717) is 19.0 Å². The van der Waals surface area contributed by atoms with Gasteiger partial charge < -0.3 is 15.3 Å².